The van der Waals surface area contributed by atoms with Crippen LogP contribution < -0.4 is 21.1 Å². The first-order valence-corrected chi connectivity index (χ1v) is 13.4. The molecule has 10 heteroatoms. The Morgan fingerprint density at radius 1 is 0.949 bits per heavy atom. The zero-order valence-corrected chi connectivity index (χ0v) is 21.3. The molecule has 0 radical (unpaired) electrons. The number of anilines is 2. The molecule has 3 aromatic rings. The number of ether oxygens (including phenoxy) is 2. The lowest BCUT2D eigenvalue weighted by molar-refractivity contribution is -0.117. The second kappa shape index (κ2) is 10.1. The van der Waals surface area contributed by atoms with Gasteiger partial charge >= 0.3 is 6.02 Å². The zero-order valence-electron chi connectivity index (χ0n) is 21.3. The van der Waals surface area contributed by atoms with Gasteiger partial charge in [-0.05, 0) is 31.0 Å². The fourth-order valence-corrected chi connectivity index (χ4v) is 5.11. The molecule has 0 bridgehead atoms. The molecular formula is C29H29N7O3. The summed E-state index contributed by atoms with van der Waals surface area (Å²) in [5.41, 5.74) is 12.2. The van der Waals surface area contributed by atoms with Crippen molar-refractivity contribution in [2.24, 2.45) is 9.98 Å². The molecule has 2 atom stereocenters. The second-order valence-corrected chi connectivity index (χ2v) is 9.97. The highest BCUT2D eigenvalue weighted by atomic mass is 16.5. The van der Waals surface area contributed by atoms with Gasteiger partial charge in [0, 0.05) is 35.8 Å². The van der Waals surface area contributed by atoms with Gasteiger partial charge in [-0.25, -0.2) is 9.98 Å². The Bertz CT molecular complexity index is 1450. The lowest BCUT2D eigenvalue weighted by Crippen LogP contribution is -2.38. The summed E-state index contributed by atoms with van der Waals surface area (Å²) in [6, 6.07) is 21.9. The van der Waals surface area contributed by atoms with Gasteiger partial charge in [0.05, 0.1) is 30.3 Å². The maximum Gasteiger partial charge on any atom is 0.304 e. The zero-order chi connectivity index (χ0) is 26.2. The van der Waals surface area contributed by atoms with Crippen molar-refractivity contribution in [3.05, 3.63) is 89.2 Å². The Balaban J connectivity index is 1.20. The van der Waals surface area contributed by atoms with Gasteiger partial charge in [-0.15, -0.1) is 0 Å². The molecular weight excluding hydrogens is 494 g/mol. The van der Waals surface area contributed by atoms with Crippen LogP contribution in [0, 0.1) is 0 Å². The highest BCUT2D eigenvalue weighted by Gasteiger charge is 2.33. The first-order valence-electron chi connectivity index (χ1n) is 13.4. The average molecular weight is 524 g/mol. The van der Waals surface area contributed by atoms with Crippen LogP contribution >= 0.6 is 0 Å². The molecule has 1 aromatic heterocycles. The van der Waals surface area contributed by atoms with Crippen molar-refractivity contribution in [3.8, 4) is 0 Å². The first-order chi connectivity index (χ1) is 19.2. The maximum atomic E-state index is 13.2. The lowest BCUT2D eigenvalue weighted by Gasteiger charge is -2.31. The number of amides is 1. The Kier molecular flexibility index (Phi) is 6.18. The minimum atomic E-state index is -1.04. The summed E-state index contributed by atoms with van der Waals surface area (Å²) >= 11 is 0. The predicted octanol–water partition coefficient (Wildman–Crippen LogP) is 3.09. The van der Waals surface area contributed by atoms with Crippen LogP contribution in [0.3, 0.4) is 0 Å². The van der Waals surface area contributed by atoms with Crippen LogP contribution in [0.2, 0.25) is 0 Å². The van der Waals surface area contributed by atoms with Crippen LogP contribution in [0.4, 0.5) is 11.4 Å². The minimum Gasteiger partial charge on any atom is -0.437 e. The predicted molar refractivity (Wildman–Crippen MR) is 148 cm³/mol. The lowest BCUT2D eigenvalue weighted by atomic mass is 10.0. The number of aliphatic imine (C=N–C) groups is 2. The molecule has 1 aliphatic carbocycles. The summed E-state index contributed by atoms with van der Waals surface area (Å²) < 4.78 is 11.8. The Morgan fingerprint density at radius 2 is 1.74 bits per heavy atom. The van der Waals surface area contributed by atoms with Crippen LogP contribution in [-0.4, -0.2) is 55.1 Å². The molecule has 2 saturated heterocycles. The minimum absolute atomic E-state index is 0.189. The van der Waals surface area contributed by atoms with Crippen molar-refractivity contribution in [2.45, 2.75) is 31.2 Å². The standard InChI is InChI=1S/C29H29N7O3/c37-27-26(32-24(19-6-2-1-3-7-19)20-8-4-5-9-22(20)31-27)33-29-35-34-28(39-29)25-23(36-14-16-38-17-15-36)13-12-21(30-25)18-10-11-18/h1-9,12-13,18,26,28,34H,10-11,14-17H2,(H,31,37)(H,33,35)/t26-,28?/m1/s1. The van der Waals surface area contributed by atoms with Gasteiger partial charge in [-0.2, -0.15) is 10.4 Å². The maximum absolute atomic E-state index is 13.2. The number of carbonyl (C=O) groups is 1. The van der Waals surface area contributed by atoms with E-state index in [9.17, 15) is 4.79 Å². The number of nitrogens with one attached hydrogen (secondary N) is 3. The normalized spacial score (nSPS) is 23.8. The highest BCUT2D eigenvalue weighted by Crippen LogP contribution is 2.41. The van der Waals surface area contributed by atoms with Gasteiger partial charge < -0.3 is 19.7 Å². The van der Waals surface area contributed by atoms with E-state index in [-0.39, 0.29) is 11.9 Å². The van der Waals surface area contributed by atoms with Gasteiger partial charge in [-0.3, -0.25) is 10.2 Å². The number of hydrogen-bond donors (Lipinski definition) is 3. The van der Waals surface area contributed by atoms with Gasteiger partial charge in [0.2, 0.25) is 12.4 Å². The van der Waals surface area contributed by atoms with E-state index in [2.05, 4.69) is 38.2 Å². The van der Waals surface area contributed by atoms with Gasteiger partial charge in [0.25, 0.3) is 5.91 Å². The summed E-state index contributed by atoms with van der Waals surface area (Å²) in [7, 11) is 0. The summed E-state index contributed by atoms with van der Waals surface area (Å²) in [4.78, 5) is 29.9. The third-order valence-electron chi connectivity index (χ3n) is 7.27. The molecule has 3 fully saturated rings. The number of nitrogens with zero attached hydrogens (tertiary/aromatic N) is 4. The average Bonchev–Trinajstić information content (AvgIpc) is 3.76. The number of amidine groups is 1. The van der Waals surface area contributed by atoms with Crippen LogP contribution in [0.1, 0.15) is 47.5 Å². The largest absolute Gasteiger partial charge is 0.437 e. The summed E-state index contributed by atoms with van der Waals surface area (Å²) in [5.74, 6) is 0.171. The van der Waals surface area contributed by atoms with Gasteiger partial charge in [0.1, 0.15) is 5.69 Å². The molecule has 7 rings (SSSR count). The number of fused-ring (bicyclic) bond motifs is 1. The van der Waals surface area contributed by atoms with E-state index in [0.717, 1.165) is 54.1 Å². The van der Waals surface area contributed by atoms with Crippen molar-refractivity contribution in [1.29, 1.82) is 0 Å². The molecule has 1 unspecified atom stereocenters. The number of hydrazine groups is 1. The summed E-state index contributed by atoms with van der Waals surface area (Å²) in [6.45, 7) is 2.93. The van der Waals surface area contributed by atoms with Crippen molar-refractivity contribution in [2.75, 3.05) is 36.5 Å². The van der Waals surface area contributed by atoms with Crippen LogP contribution in [0.25, 0.3) is 0 Å². The molecule has 10 nitrogen and oxygen atoms in total. The van der Waals surface area contributed by atoms with Gasteiger partial charge in [0.15, 0.2) is 0 Å². The molecule has 0 spiro atoms. The second-order valence-electron chi connectivity index (χ2n) is 9.97. The summed E-state index contributed by atoms with van der Waals surface area (Å²) in [6.07, 6.45) is 0.714. The molecule has 3 N–H and O–H groups in total. The van der Waals surface area contributed by atoms with E-state index < -0.39 is 12.4 Å². The summed E-state index contributed by atoms with van der Waals surface area (Å²) in [5, 5.41) is 2.97. The molecule has 39 heavy (non-hydrogen) atoms. The Hall–Kier alpha value is -4.28. The van der Waals surface area contributed by atoms with Crippen LogP contribution in [0.5, 0.6) is 0 Å². The molecule has 198 valence electrons. The fourth-order valence-electron chi connectivity index (χ4n) is 5.11. The third kappa shape index (κ3) is 4.84. The number of aromatic nitrogens is 1. The van der Waals surface area contributed by atoms with Crippen LogP contribution in [0.15, 0.2) is 76.7 Å². The van der Waals surface area contributed by atoms with Crippen molar-refractivity contribution in [1.82, 2.24) is 15.8 Å². The third-order valence-corrected chi connectivity index (χ3v) is 7.27. The van der Waals surface area contributed by atoms with Gasteiger partial charge in [-0.1, -0.05) is 48.5 Å². The number of pyridine rings is 1. The van der Waals surface area contributed by atoms with E-state index in [4.69, 9.17) is 19.5 Å². The quantitative estimate of drug-likeness (QED) is 0.471. The fraction of sp³-hybridized carbons (Fsp3) is 0.310. The van der Waals surface area contributed by atoms with Crippen molar-refractivity contribution in [3.63, 3.8) is 0 Å². The van der Waals surface area contributed by atoms with E-state index in [1.807, 2.05) is 54.6 Å². The molecule has 4 aliphatic rings. The van der Waals surface area contributed by atoms with Crippen LogP contribution in [-0.2, 0) is 14.3 Å². The highest BCUT2D eigenvalue weighted by molar-refractivity contribution is 6.19. The van der Waals surface area contributed by atoms with E-state index in [0.29, 0.717) is 30.5 Å². The first kappa shape index (κ1) is 23.8. The van der Waals surface area contributed by atoms with E-state index in [1.165, 1.54) is 0 Å². The number of benzodiazepines with no additional fused rings is 1. The molecule has 2 aromatic carbocycles. The smallest absolute Gasteiger partial charge is 0.304 e. The monoisotopic (exact) mass is 523 g/mol. The van der Waals surface area contributed by atoms with Crippen molar-refractivity contribution < 1.29 is 14.3 Å². The van der Waals surface area contributed by atoms with Crippen molar-refractivity contribution >= 4 is 29.0 Å². The molecule has 1 amide bonds. The molecule has 1 saturated carbocycles. The number of hydrogen-bond acceptors (Lipinski definition) is 8. The molecule has 4 heterocycles. The number of carbonyl (C=O) groups excluding carboxylic acids is 1. The molecule has 3 aliphatic heterocycles. The Labute approximate surface area is 226 Å². The number of rotatable bonds is 5. The topological polar surface area (TPSA) is 112 Å². The number of benzene rings is 2. The SMILES string of the molecule is O=C1Nc2ccccc2C(c2ccccc2)=N[C@@H]1/N=C1\NNC(c2nc(C3CC3)ccc2N2CCOCC2)O1. The van der Waals surface area contributed by atoms with E-state index >= 15 is 0 Å². The number of para-hydroxylation sites is 1. The van der Waals surface area contributed by atoms with E-state index in [1.54, 1.807) is 0 Å². The Morgan fingerprint density at radius 3 is 2.56 bits per heavy atom. The number of morpholine rings is 1.